The van der Waals surface area contributed by atoms with Gasteiger partial charge in [0.25, 0.3) is 0 Å². The number of carbonyl (C=O) groups is 2. The van der Waals surface area contributed by atoms with Crippen molar-refractivity contribution in [3.63, 3.8) is 0 Å². The standard InChI is InChI=1S/C24H23NO4/c1-15-21-20(17-12-8-9-13-19(17)25(21)2)18(16-10-6-5-7-11-16)14-24(15,22(26)28-3)23(27)29-4/h5-13,18H,1,14H2,2-4H3/t18-/m1/s1. The second-order valence-electron chi connectivity index (χ2n) is 7.37. The number of hydrogen-bond acceptors (Lipinski definition) is 4. The van der Waals surface area contributed by atoms with E-state index in [0.29, 0.717) is 5.57 Å². The monoisotopic (exact) mass is 389 g/mol. The van der Waals surface area contributed by atoms with Crippen molar-refractivity contribution < 1.29 is 19.1 Å². The summed E-state index contributed by atoms with van der Waals surface area (Å²) in [5.74, 6) is -1.49. The molecule has 0 aliphatic heterocycles. The first kappa shape index (κ1) is 19.0. The molecule has 29 heavy (non-hydrogen) atoms. The van der Waals surface area contributed by atoms with Gasteiger partial charge in [0.15, 0.2) is 5.41 Å². The maximum absolute atomic E-state index is 13.0. The zero-order valence-electron chi connectivity index (χ0n) is 16.8. The first-order valence-electron chi connectivity index (χ1n) is 9.46. The van der Waals surface area contributed by atoms with Gasteiger partial charge in [0.1, 0.15) is 0 Å². The van der Waals surface area contributed by atoms with Crippen molar-refractivity contribution in [2.45, 2.75) is 12.3 Å². The van der Waals surface area contributed by atoms with E-state index in [-0.39, 0.29) is 12.3 Å². The van der Waals surface area contributed by atoms with Crippen molar-refractivity contribution >= 4 is 28.4 Å². The van der Waals surface area contributed by atoms with Crippen molar-refractivity contribution in [2.75, 3.05) is 14.2 Å². The van der Waals surface area contributed by atoms with Crippen LogP contribution in [0.3, 0.4) is 0 Å². The molecule has 0 N–H and O–H groups in total. The summed E-state index contributed by atoms with van der Waals surface area (Å²) >= 11 is 0. The van der Waals surface area contributed by atoms with Gasteiger partial charge in [-0.2, -0.15) is 0 Å². The summed E-state index contributed by atoms with van der Waals surface area (Å²) in [7, 11) is 4.50. The lowest BCUT2D eigenvalue weighted by Gasteiger charge is -2.39. The Morgan fingerprint density at radius 1 is 1.00 bits per heavy atom. The van der Waals surface area contributed by atoms with Crippen molar-refractivity contribution in [3.8, 4) is 0 Å². The number of nitrogens with zero attached hydrogens (tertiary/aromatic N) is 1. The molecule has 0 radical (unpaired) electrons. The van der Waals surface area contributed by atoms with E-state index in [4.69, 9.17) is 9.47 Å². The number of fused-ring (bicyclic) bond motifs is 3. The van der Waals surface area contributed by atoms with Crippen LogP contribution < -0.4 is 0 Å². The lowest BCUT2D eigenvalue weighted by atomic mass is 9.64. The molecule has 0 unspecified atom stereocenters. The average molecular weight is 389 g/mol. The van der Waals surface area contributed by atoms with Crippen LogP contribution in [-0.4, -0.2) is 30.7 Å². The third kappa shape index (κ3) is 2.54. The number of esters is 2. The van der Waals surface area contributed by atoms with Gasteiger partial charge >= 0.3 is 11.9 Å². The molecule has 1 heterocycles. The fraction of sp³-hybridized carbons (Fsp3) is 0.250. The molecule has 5 nitrogen and oxygen atoms in total. The number of methoxy groups -OCH3 is 2. The molecule has 0 bridgehead atoms. The summed E-state index contributed by atoms with van der Waals surface area (Å²) < 4.78 is 12.2. The number of rotatable bonds is 3. The zero-order valence-corrected chi connectivity index (χ0v) is 16.8. The Morgan fingerprint density at radius 2 is 1.59 bits per heavy atom. The van der Waals surface area contributed by atoms with Crippen molar-refractivity contribution in [2.24, 2.45) is 12.5 Å². The quantitative estimate of drug-likeness (QED) is 0.501. The van der Waals surface area contributed by atoms with Crippen LogP contribution in [0.5, 0.6) is 0 Å². The second-order valence-corrected chi connectivity index (χ2v) is 7.37. The summed E-state index contributed by atoms with van der Waals surface area (Å²) in [6, 6.07) is 18.0. The molecule has 0 amide bonds. The molecule has 0 saturated carbocycles. The van der Waals surface area contributed by atoms with Crippen molar-refractivity contribution in [1.82, 2.24) is 4.57 Å². The Kier molecular flexibility index (Phi) is 4.53. The van der Waals surface area contributed by atoms with E-state index in [9.17, 15) is 9.59 Å². The molecule has 1 atom stereocenters. The average Bonchev–Trinajstić information content (AvgIpc) is 3.07. The van der Waals surface area contributed by atoms with Gasteiger partial charge in [0.05, 0.1) is 14.2 Å². The third-order valence-electron chi connectivity index (χ3n) is 6.08. The molecule has 0 fully saturated rings. The fourth-order valence-electron chi connectivity index (χ4n) is 4.69. The van der Waals surface area contributed by atoms with E-state index in [1.807, 2.05) is 60.1 Å². The maximum Gasteiger partial charge on any atom is 0.327 e. The van der Waals surface area contributed by atoms with Crippen LogP contribution in [0.4, 0.5) is 0 Å². The lowest BCUT2D eigenvalue weighted by Crippen LogP contribution is -2.46. The van der Waals surface area contributed by atoms with Gasteiger partial charge in [0, 0.05) is 29.6 Å². The first-order valence-corrected chi connectivity index (χ1v) is 9.46. The van der Waals surface area contributed by atoms with Crippen LogP contribution in [0.15, 0.2) is 61.2 Å². The minimum Gasteiger partial charge on any atom is -0.468 e. The summed E-state index contributed by atoms with van der Waals surface area (Å²) in [5.41, 5.74) is 2.71. The lowest BCUT2D eigenvalue weighted by molar-refractivity contribution is -0.165. The molecule has 2 aromatic carbocycles. The van der Waals surface area contributed by atoms with Gasteiger partial charge in [-0.1, -0.05) is 55.1 Å². The Hall–Kier alpha value is -3.34. The number of ether oxygens (including phenoxy) is 2. The molecule has 1 aromatic heterocycles. The summed E-state index contributed by atoms with van der Waals surface area (Å²) in [5, 5.41) is 1.09. The van der Waals surface area contributed by atoms with Crippen LogP contribution in [0.1, 0.15) is 29.2 Å². The Bertz CT molecular complexity index is 1110. The van der Waals surface area contributed by atoms with Crippen LogP contribution >= 0.6 is 0 Å². The van der Waals surface area contributed by atoms with E-state index in [1.165, 1.54) is 14.2 Å². The molecular formula is C24H23NO4. The maximum atomic E-state index is 13.0. The molecule has 1 aliphatic carbocycles. The van der Waals surface area contributed by atoms with E-state index in [0.717, 1.165) is 27.7 Å². The van der Waals surface area contributed by atoms with E-state index < -0.39 is 17.4 Å². The van der Waals surface area contributed by atoms with Crippen LogP contribution in [0.25, 0.3) is 16.5 Å². The molecule has 0 spiro atoms. The molecule has 0 saturated heterocycles. The van der Waals surface area contributed by atoms with Crippen LogP contribution in [-0.2, 0) is 26.1 Å². The van der Waals surface area contributed by atoms with Crippen LogP contribution in [0.2, 0.25) is 0 Å². The second kappa shape index (κ2) is 6.92. The highest BCUT2D eigenvalue weighted by Gasteiger charge is 2.57. The van der Waals surface area contributed by atoms with Crippen molar-refractivity contribution in [3.05, 3.63) is 78.0 Å². The highest BCUT2D eigenvalue weighted by molar-refractivity contribution is 6.14. The molecule has 5 heteroatoms. The minimum absolute atomic E-state index is 0.194. The SMILES string of the molecule is C=C1c2c(c3ccccc3n2C)[C@@H](c2ccccc2)CC1(C(=O)OC)C(=O)OC. The highest BCUT2D eigenvalue weighted by Crippen LogP contribution is 2.55. The van der Waals surface area contributed by atoms with Gasteiger partial charge in [-0.15, -0.1) is 0 Å². The predicted molar refractivity (Wildman–Crippen MR) is 111 cm³/mol. The molecule has 1 aliphatic rings. The number of carbonyl (C=O) groups excluding carboxylic acids is 2. The van der Waals surface area contributed by atoms with E-state index >= 15 is 0 Å². The van der Waals surface area contributed by atoms with Crippen LogP contribution in [0, 0.1) is 5.41 Å². The number of aryl methyl sites for hydroxylation is 1. The Balaban J connectivity index is 2.10. The van der Waals surface area contributed by atoms with Gasteiger partial charge in [0.2, 0.25) is 0 Å². The minimum atomic E-state index is -1.60. The van der Waals surface area contributed by atoms with Gasteiger partial charge in [-0.05, 0) is 29.2 Å². The molecule has 148 valence electrons. The summed E-state index contributed by atoms with van der Waals surface area (Å²) in [4.78, 5) is 26.0. The topological polar surface area (TPSA) is 57.5 Å². The predicted octanol–water partition coefficient (Wildman–Crippen LogP) is 4.06. The Morgan fingerprint density at radius 3 is 2.21 bits per heavy atom. The van der Waals surface area contributed by atoms with Gasteiger partial charge in [-0.25, -0.2) is 0 Å². The Labute approximate surface area is 169 Å². The zero-order chi connectivity index (χ0) is 20.8. The van der Waals surface area contributed by atoms with E-state index in [1.54, 1.807) is 0 Å². The highest BCUT2D eigenvalue weighted by atomic mass is 16.5. The normalized spacial score (nSPS) is 17.6. The third-order valence-corrected chi connectivity index (χ3v) is 6.08. The molecule has 3 aromatic rings. The summed E-state index contributed by atoms with van der Waals surface area (Å²) in [6.07, 6.45) is 0.205. The molecular weight excluding hydrogens is 366 g/mol. The number of hydrogen-bond donors (Lipinski definition) is 0. The largest absolute Gasteiger partial charge is 0.468 e. The number of para-hydroxylation sites is 1. The number of benzene rings is 2. The number of aromatic nitrogens is 1. The van der Waals surface area contributed by atoms with Crippen molar-refractivity contribution in [1.29, 1.82) is 0 Å². The first-order chi connectivity index (χ1) is 14.0. The van der Waals surface area contributed by atoms with Gasteiger partial charge < -0.3 is 14.0 Å². The summed E-state index contributed by atoms with van der Waals surface area (Å²) in [6.45, 7) is 4.21. The molecule has 4 rings (SSSR count). The van der Waals surface area contributed by atoms with Gasteiger partial charge in [-0.3, -0.25) is 9.59 Å². The van der Waals surface area contributed by atoms with E-state index in [2.05, 4.69) is 12.6 Å². The fourth-order valence-corrected chi connectivity index (χ4v) is 4.69. The smallest absolute Gasteiger partial charge is 0.327 e.